The first-order valence-electron chi connectivity index (χ1n) is 5.66. The van der Waals surface area contributed by atoms with Crippen LogP contribution in [0.3, 0.4) is 0 Å². The molecule has 0 bridgehead atoms. The highest BCUT2D eigenvalue weighted by Crippen LogP contribution is 2.25. The van der Waals surface area contributed by atoms with Crippen LogP contribution in [-0.2, 0) is 0 Å². The first-order chi connectivity index (χ1) is 7.29. The Bertz CT molecular complexity index is 310. The summed E-state index contributed by atoms with van der Waals surface area (Å²) < 4.78 is 0. The summed E-state index contributed by atoms with van der Waals surface area (Å²) in [4.78, 5) is 6.71. The van der Waals surface area contributed by atoms with Gasteiger partial charge in [0.05, 0.1) is 5.02 Å². The van der Waals surface area contributed by atoms with Crippen LogP contribution in [0.15, 0.2) is 18.3 Å². The molecule has 1 fully saturated rings. The third kappa shape index (κ3) is 2.63. The Morgan fingerprint density at radius 1 is 1.53 bits per heavy atom. The first-order valence-corrected chi connectivity index (χ1v) is 6.04. The van der Waals surface area contributed by atoms with Crippen molar-refractivity contribution in [2.45, 2.75) is 26.2 Å². The number of rotatable bonds is 3. The maximum atomic E-state index is 5.82. The summed E-state index contributed by atoms with van der Waals surface area (Å²) in [5.74, 6) is 1.92. The van der Waals surface area contributed by atoms with Crippen LogP contribution >= 0.6 is 11.6 Å². The van der Waals surface area contributed by atoms with Crippen molar-refractivity contribution in [1.82, 2.24) is 4.98 Å². The molecule has 3 heteroatoms. The summed E-state index contributed by atoms with van der Waals surface area (Å²) in [6.45, 7) is 4.55. The molecule has 1 aromatic heterocycles. The molecule has 0 aliphatic carbocycles. The van der Waals surface area contributed by atoms with Gasteiger partial charge in [0.1, 0.15) is 5.82 Å². The van der Waals surface area contributed by atoms with E-state index in [1.54, 1.807) is 6.20 Å². The van der Waals surface area contributed by atoms with Gasteiger partial charge in [-0.05, 0) is 30.9 Å². The third-order valence-electron chi connectivity index (χ3n) is 3.02. The number of anilines is 1. The van der Waals surface area contributed by atoms with Crippen LogP contribution in [0.5, 0.6) is 0 Å². The number of nitrogens with zero attached hydrogens (tertiary/aromatic N) is 2. The number of hydrogen-bond donors (Lipinski definition) is 0. The van der Waals surface area contributed by atoms with Crippen molar-refractivity contribution in [3.05, 3.63) is 23.4 Å². The summed E-state index contributed by atoms with van der Waals surface area (Å²) >= 11 is 5.82. The van der Waals surface area contributed by atoms with Gasteiger partial charge in [0, 0.05) is 19.3 Å². The lowest BCUT2D eigenvalue weighted by Gasteiger charge is -2.17. The predicted molar refractivity (Wildman–Crippen MR) is 64.5 cm³/mol. The molecular formula is C12H17ClN2. The molecular weight excluding hydrogens is 208 g/mol. The molecule has 0 spiro atoms. The quantitative estimate of drug-likeness (QED) is 0.783. The lowest BCUT2D eigenvalue weighted by molar-refractivity contribution is 0.529. The van der Waals surface area contributed by atoms with E-state index >= 15 is 0 Å². The Morgan fingerprint density at radius 2 is 2.40 bits per heavy atom. The Labute approximate surface area is 96.3 Å². The third-order valence-corrected chi connectivity index (χ3v) is 3.24. The van der Waals surface area contributed by atoms with E-state index in [9.17, 15) is 0 Å². The number of hydrogen-bond acceptors (Lipinski definition) is 2. The summed E-state index contributed by atoms with van der Waals surface area (Å²) in [5.41, 5.74) is 0. The fourth-order valence-corrected chi connectivity index (χ4v) is 2.35. The van der Waals surface area contributed by atoms with Crippen LogP contribution in [0, 0.1) is 5.92 Å². The number of halogens is 1. The molecule has 1 aliphatic heterocycles. The Balaban J connectivity index is 1.98. The normalized spacial score (nSPS) is 20.9. The van der Waals surface area contributed by atoms with Gasteiger partial charge in [-0.3, -0.25) is 0 Å². The number of pyridine rings is 1. The molecule has 0 aromatic carbocycles. The Hall–Kier alpha value is -0.760. The zero-order valence-corrected chi connectivity index (χ0v) is 9.87. The second-order valence-corrected chi connectivity index (χ2v) is 4.66. The summed E-state index contributed by atoms with van der Waals surface area (Å²) in [7, 11) is 0. The molecule has 15 heavy (non-hydrogen) atoms. The topological polar surface area (TPSA) is 16.1 Å². The highest BCUT2D eigenvalue weighted by molar-refractivity contribution is 6.30. The maximum absolute atomic E-state index is 5.82. The van der Waals surface area contributed by atoms with Gasteiger partial charge < -0.3 is 4.90 Å². The van der Waals surface area contributed by atoms with Crippen molar-refractivity contribution >= 4 is 17.4 Å². The molecule has 1 aromatic rings. The van der Waals surface area contributed by atoms with Gasteiger partial charge in [-0.1, -0.05) is 24.9 Å². The summed E-state index contributed by atoms with van der Waals surface area (Å²) in [6, 6.07) is 3.92. The molecule has 2 rings (SSSR count). The minimum Gasteiger partial charge on any atom is -0.356 e. The summed E-state index contributed by atoms with van der Waals surface area (Å²) in [5, 5.41) is 0.711. The average Bonchev–Trinajstić information content (AvgIpc) is 2.68. The second-order valence-electron chi connectivity index (χ2n) is 4.22. The SMILES string of the molecule is CCCC1CCN(c2ccc(Cl)cn2)C1. The zero-order chi connectivity index (χ0) is 10.7. The van der Waals surface area contributed by atoms with Crippen molar-refractivity contribution < 1.29 is 0 Å². The monoisotopic (exact) mass is 224 g/mol. The smallest absolute Gasteiger partial charge is 0.128 e. The van der Waals surface area contributed by atoms with Crippen molar-refractivity contribution in [2.75, 3.05) is 18.0 Å². The van der Waals surface area contributed by atoms with E-state index in [2.05, 4.69) is 16.8 Å². The fourth-order valence-electron chi connectivity index (χ4n) is 2.24. The molecule has 1 aliphatic rings. The van der Waals surface area contributed by atoms with Gasteiger partial charge in [-0.2, -0.15) is 0 Å². The van der Waals surface area contributed by atoms with Crippen LogP contribution in [0.2, 0.25) is 5.02 Å². The molecule has 0 amide bonds. The van der Waals surface area contributed by atoms with Gasteiger partial charge in [0.15, 0.2) is 0 Å². The molecule has 2 heterocycles. The van der Waals surface area contributed by atoms with E-state index in [4.69, 9.17) is 11.6 Å². The molecule has 0 N–H and O–H groups in total. The Kier molecular flexibility index (Phi) is 3.47. The van der Waals surface area contributed by atoms with E-state index in [0.29, 0.717) is 5.02 Å². The van der Waals surface area contributed by atoms with Gasteiger partial charge in [-0.25, -0.2) is 4.98 Å². The van der Waals surface area contributed by atoms with Crippen LogP contribution in [0.25, 0.3) is 0 Å². The molecule has 1 atom stereocenters. The van der Waals surface area contributed by atoms with E-state index in [1.807, 2.05) is 12.1 Å². The minimum absolute atomic E-state index is 0.711. The predicted octanol–water partition coefficient (Wildman–Crippen LogP) is 3.36. The maximum Gasteiger partial charge on any atom is 0.128 e. The van der Waals surface area contributed by atoms with Gasteiger partial charge in [-0.15, -0.1) is 0 Å². The second kappa shape index (κ2) is 4.84. The van der Waals surface area contributed by atoms with Crippen molar-refractivity contribution in [3.8, 4) is 0 Å². The van der Waals surface area contributed by atoms with E-state index in [1.165, 1.54) is 19.3 Å². The van der Waals surface area contributed by atoms with Crippen molar-refractivity contribution in [2.24, 2.45) is 5.92 Å². The largest absolute Gasteiger partial charge is 0.356 e. The van der Waals surface area contributed by atoms with Gasteiger partial charge in [0.25, 0.3) is 0 Å². The standard InChI is InChI=1S/C12H17ClN2/c1-2-3-10-6-7-15(9-10)12-5-4-11(13)8-14-12/h4-5,8,10H,2-3,6-7,9H2,1H3. The highest BCUT2D eigenvalue weighted by atomic mass is 35.5. The lowest BCUT2D eigenvalue weighted by atomic mass is 10.0. The minimum atomic E-state index is 0.711. The molecule has 0 saturated carbocycles. The average molecular weight is 225 g/mol. The summed E-state index contributed by atoms with van der Waals surface area (Å²) in [6.07, 6.45) is 5.65. The fraction of sp³-hybridized carbons (Fsp3) is 0.583. The highest BCUT2D eigenvalue weighted by Gasteiger charge is 2.22. The van der Waals surface area contributed by atoms with Gasteiger partial charge >= 0.3 is 0 Å². The lowest BCUT2D eigenvalue weighted by Crippen LogP contribution is -2.20. The number of aromatic nitrogens is 1. The van der Waals surface area contributed by atoms with Crippen molar-refractivity contribution in [1.29, 1.82) is 0 Å². The molecule has 1 unspecified atom stereocenters. The first kappa shape index (κ1) is 10.7. The molecule has 1 saturated heterocycles. The molecule has 0 radical (unpaired) electrons. The van der Waals surface area contributed by atoms with Gasteiger partial charge in [0.2, 0.25) is 0 Å². The molecule has 2 nitrogen and oxygen atoms in total. The van der Waals surface area contributed by atoms with Crippen LogP contribution in [0.4, 0.5) is 5.82 Å². The van der Waals surface area contributed by atoms with E-state index in [-0.39, 0.29) is 0 Å². The van der Waals surface area contributed by atoms with E-state index < -0.39 is 0 Å². The van der Waals surface area contributed by atoms with Crippen molar-refractivity contribution in [3.63, 3.8) is 0 Å². The Morgan fingerprint density at radius 3 is 3.07 bits per heavy atom. The van der Waals surface area contributed by atoms with E-state index in [0.717, 1.165) is 24.8 Å². The van der Waals surface area contributed by atoms with Crippen LogP contribution < -0.4 is 4.90 Å². The zero-order valence-electron chi connectivity index (χ0n) is 9.12. The van der Waals surface area contributed by atoms with Crippen LogP contribution in [-0.4, -0.2) is 18.1 Å². The molecule has 82 valence electrons. The van der Waals surface area contributed by atoms with Crippen LogP contribution in [0.1, 0.15) is 26.2 Å².